The molecule has 0 radical (unpaired) electrons. The Bertz CT molecular complexity index is 655. The third kappa shape index (κ3) is 4.28. The molecule has 0 aliphatic heterocycles. The van der Waals surface area contributed by atoms with Crippen molar-refractivity contribution in [3.63, 3.8) is 0 Å². The fourth-order valence-corrected chi connectivity index (χ4v) is 2.50. The number of carbonyl (C=O) groups excluding carboxylic acids is 1. The number of nitrogens with two attached hydrogens (primary N) is 1. The number of nitrogens with zero attached hydrogens (tertiary/aromatic N) is 1. The molecule has 0 spiro atoms. The van der Waals surface area contributed by atoms with E-state index < -0.39 is 11.7 Å². The molecule has 118 valence electrons. The van der Waals surface area contributed by atoms with E-state index in [1.165, 1.54) is 6.07 Å². The van der Waals surface area contributed by atoms with Crippen LogP contribution in [0.1, 0.15) is 18.4 Å². The third-order valence-corrected chi connectivity index (χ3v) is 3.60. The van der Waals surface area contributed by atoms with Gasteiger partial charge in [-0.15, -0.1) is 11.3 Å². The highest BCUT2D eigenvalue weighted by atomic mass is 32.1. The second-order valence-electron chi connectivity index (χ2n) is 4.56. The van der Waals surface area contributed by atoms with Crippen molar-refractivity contribution >= 4 is 22.4 Å². The lowest BCUT2D eigenvalue weighted by molar-refractivity contribution is -0.137. The lowest BCUT2D eigenvalue weighted by atomic mass is 10.1. The minimum atomic E-state index is -4.40. The van der Waals surface area contributed by atoms with Crippen LogP contribution in [0.25, 0.3) is 11.3 Å². The van der Waals surface area contributed by atoms with Gasteiger partial charge in [0.25, 0.3) is 0 Å². The lowest BCUT2D eigenvalue weighted by Gasteiger charge is -2.07. The third-order valence-electron chi connectivity index (χ3n) is 2.84. The summed E-state index contributed by atoms with van der Waals surface area (Å²) < 4.78 is 38.1. The number of aromatic nitrogens is 1. The summed E-state index contributed by atoms with van der Waals surface area (Å²) in [5.74, 6) is -0.213. The van der Waals surface area contributed by atoms with Gasteiger partial charge in [-0.3, -0.25) is 4.79 Å². The van der Waals surface area contributed by atoms with Gasteiger partial charge in [-0.25, -0.2) is 4.98 Å². The number of rotatable bonds is 5. The van der Waals surface area contributed by atoms with Crippen LogP contribution in [0, 0.1) is 0 Å². The first kappa shape index (κ1) is 16.4. The van der Waals surface area contributed by atoms with Crippen LogP contribution >= 0.6 is 11.3 Å². The van der Waals surface area contributed by atoms with Gasteiger partial charge in [0.05, 0.1) is 11.3 Å². The van der Waals surface area contributed by atoms with Crippen LogP contribution < -0.4 is 11.1 Å². The summed E-state index contributed by atoms with van der Waals surface area (Å²) in [6.45, 7) is 0.417. The van der Waals surface area contributed by atoms with Crippen molar-refractivity contribution in [1.82, 2.24) is 4.98 Å². The molecule has 0 aliphatic carbocycles. The highest BCUT2D eigenvalue weighted by Gasteiger charge is 2.30. The summed E-state index contributed by atoms with van der Waals surface area (Å²) >= 11 is 1.16. The average molecular weight is 329 g/mol. The van der Waals surface area contributed by atoms with Crippen molar-refractivity contribution in [2.45, 2.75) is 19.0 Å². The van der Waals surface area contributed by atoms with E-state index in [9.17, 15) is 18.0 Å². The zero-order valence-corrected chi connectivity index (χ0v) is 12.3. The van der Waals surface area contributed by atoms with E-state index in [2.05, 4.69) is 10.3 Å². The molecular formula is C14H14F3N3OS. The maximum absolute atomic E-state index is 12.7. The van der Waals surface area contributed by atoms with Gasteiger partial charge in [0.1, 0.15) is 0 Å². The molecule has 2 rings (SSSR count). The Morgan fingerprint density at radius 2 is 2.14 bits per heavy atom. The number of hydrogen-bond acceptors (Lipinski definition) is 4. The van der Waals surface area contributed by atoms with Crippen LogP contribution in [0.4, 0.5) is 18.3 Å². The molecule has 4 nitrogen and oxygen atoms in total. The van der Waals surface area contributed by atoms with Gasteiger partial charge in [0.2, 0.25) is 5.91 Å². The molecule has 1 heterocycles. The van der Waals surface area contributed by atoms with E-state index in [1.807, 2.05) is 0 Å². The average Bonchev–Trinajstić information content (AvgIpc) is 2.93. The Balaban J connectivity index is 2.13. The van der Waals surface area contributed by atoms with Gasteiger partial charge >= 0.3 is 6.18 Å². The first-order valence-corrected chi connectivity index (χ1v) is 7.41. The highest BCUT2D eigenvalue weighted by Crippen LogP contribution is 2.33. The SMILES string of the molecule is NCCCC(=O)Nc1nc(-c2cccc(C(F)(F)F)c2)cs1. The number of thiazole rings is 1. The molecule has 0 atom stereocenters. The largest absolute Gasteiger partial charge is 0.416 e. The lowest BCUT2D eigenvalue weighted by Crippen LogP contribution is -2.13. The molecule has 0 aliphatic rings. The molecule has 0 saturated carbocycles. The number of carbonyl (C=O) groups is 1. The predicted octanol–water partition coefficient (Wildman–Crippen LogP) is 3.51. The minimum Gasteiger partial charge on any atom is -0.330 e. The topological polar surface area (TPSA) is 68.0 Å². The molecule has 3 N–H and O–H groups in total. The Morgan fingerprint density at radius 1 is 1.36 bits per heavy atom. The first-order valence-electron chi connectivity index (χ1n) is 6.53. The quantitative estimate of drug-likeness (QED) is 0.882. The molecule has 0 saturated heterocycles. The Labute approximate surface area is 129 Å². The van der Waals surface area contributed by atoms with Crippen LogP contribution in [0.3, 0.4) is 0 Å². The van der Waals surface area contributed by atoms with Crippen LogP contribution in [0.5, 0.6) is 0 Å². The molecule has 1 aromatic carbocycles. The van der Waals surface area contributed by atoms with Gasteiger partial charge in [-0.1, -0.05) is 12.1 Å². The van der Waals surface area contributed by atoms with Crippen molar-refractivity contribution in [3.05, 3.63) is 35.2 Å². The number of halogens is 3. The van der Waals surface area contributed by atoms with Gasteiger partial charge in [0, 0.05) is 17.4 Å². The number of hydrogen-bond donors (Lipinski definition) is 2. The number of anilines is 1. The van der Waals surface area contributed by atoms with E-state index >= 15 is 0 Å². The van der Waals surface area contributed by atoms with Gasteiger partial charge < -0.3 is 11.1 Å². The minimum absolute atomic E-state index is 0.213. The Kier molecular flexibility index (Phi) is 5.15. The van der Waals surface area contributed by atoms with Gasteiger partial charge in [-0.05, 0) is 25.1 Å². The van der Waals surface area contributed by atoms with Crippen molar-refractivity contribution in [3.8, 4) is 11.3 Å². The zero-order valence-electron chi connectivity index (χ0n) is 11.5. The first-order chi connectivity index (χ1) is 10.4. The number of nitrogens with one attached hydrogen (secondary N) is 1. The van der Waals surface area contributed by atoms with E-state index in [0.29, 0.717) is 29.4 Å². The highest BCUT2D eigenvalue weighted by molar-refractivity contribution is 7.14. The second-order valence-corrected chi connectivity index (χ2v) is 5.41. The maximum Gasteiger partial charge on any atom is 0.416 e. The standard InChI is InChI=1S/C14H14F3N3OS/c15-14(16,17)10-4-1-3-9(7-10)11-8-22-13(19-11)20-12(21)5-2-6-18/h1,3-4,7-8H,2,5-6,18H2,(H,19,20,21). The predicted molar refractivity (Wildman–Crippen MR) is 79.5 cm³/mol. The number of amides is 1. The molecule has 0 unspecified atom stereocenters. The summed E-state index contributed by atoms with van der Waals surface area (Å²) in [5, 5.41) is 4.56. The normalized spacial score (nSPS) is 11.5. The van der Waals surface area contributed by atoms with Gasteiger partial charge in [0.15, 0.2) is 5.13 Å². The summed E-state index contributed by atoms with van der Waals surface area (Å²) in [4.78, 5) is 15.7. The second kappa shape index (κ2) is 6.89. The molecule has 2 aromatic rings. The molecule has 22 heavy (non-hydrogen) atoms. The summed E-state index contributed by atoms with van der Waals surface area (Å²) in [6.07, 6.45) is -3.54. The zero-order chi connectivity index (χ0) is 16.2. The van der Waals surface area contributed by atoms with E-state index in [0.717, 1.165) is 23.5 Å². The molecule has 1 amide bonds. The molecular weight excluding hydrogens is 315 g/mol. The molecule has 0 fully saturated rings. The molecule has 0 bridgehead atoms. The van der Waals surface area contributed by atoms with Crippen LogP contribution in [-0.4, -0.2) is 17.4 Å². The van der Waals surface area contributed by atoms with Crippen molar-refractivity contribution < 1.29 is 18.0 Å². The van der Waals surface area contributed by atoms with E-state index in [4.69, 9.17) is 5.73 Å². The number of alkyl halides is 3. The van der Waals surface area contributed by atoms with Crippen molar-refractivity contribution in [2.75, 3.05) is 11.9 Å². The Hall–Kier alpha value is -1.93. The van der Waals surface area contributed by atoms with Crippen molar-refractivity contribution in [2.24, 2.45) is 5.73 Å². The smallest absolute Gasteiger partial charge is 0.330 e. The van der Waals surface area contributed by atoms with Gasteiger partial charge in [-0.2, -0.15) is 13.2 Å². The van der Waals surface area contributed by atoms with Crippen LogP contribution in [0.2, 0.25) is 0 Å². The fourth-order valence-electron chi connectivity index (χ4n) is 1.76. The summed E-state index contributed by atoms with van der Waals surface area (Å²) in [5.41, 5.74) is 5.33. The van der Waals surface area contributed by atoms with Crippen molar-refractivity contribution in [1.29, 1.82) is 0 Å². The monoisotopic (exact) mass is 329 g/mol. The fraction of sp³-hybridized carbons (Fsp3) is 0.286. The molecule has 8 heteroatoms. The molecule has 1 aromatic heterocycles. The van der Waals surface area contributed by atoms with Crippen LogP contribution in [0.15, 0.2) is 29.6 Å². The van der Waals surface area contributed by atoms with E-state index in [-0.39, 0.29) is 12.3 Å². The maximum atomic E-state index is 12.7. The van der Waals surface area contributed by atoms with E-state index in [1.54, 1.807) is 11.4 Å². The summed E-state index contributed by atoms with van der Waals surface area (Å²) in [6, 6.07) is 4.92. The Morgan fingerprint density at radius 3 is 2.82 bits per heavy atom. The van der Waals surface area contributed by atoms with Crippen LogP contribution in [-0.2, 0) is 11.0 Å². The number of benzene rings is 1. The summed E-state index contributed by atoms with van der Waals surface area (Å²) in [7, 11) is 0.